The molecular weight excluding hydrogens is 174 g/mol. The molecule has 0 spiro atoms. The molecule has 0 aromatic heterocycles. The number of rotatable bonds is 0. The van der Waals surface area contributed by atoms with Crippen molar-refractivity contribution in [3.05, 3.63) is 35.4 Å². The molecule has 1 aromatic carbocycles. The van der Waals surface area contributed by atoms with Crippen molar-refractivity contribution in [2.75, 3.05) is 0 Å². The lowest BCUT2D eigenvalue weighted by Gasteiger charge is -2.17. The standard InChI is InChI=1S/C10H11NO.C2H6/c1-10(2)8-6-4-3-5-7(8)9(11)12-10;1-2/h3-6,11H,1-2H3;1-2H3. The summed E-state index contributed by atoms with van der Waals surface area (Å²) in [6, 6.07) is 7.84. The Hall–Kier alpha value is -1.31. The molecule has 0 saturated carbocycles. The Morgan fingerprint density at radius 2 is 1.71 bits per heavy atom. The molecule has 0 radical (unpaired) electrons. The van der Waals surface area contributed by atoms with Crippen LogP contribution in [0.15, 0.2) is 24.3 Å². The SMILES string of the molecule is CC.CC1(C)OC(=N)c2ccccc21. The molecule has 0 bridgehead atoms. The van der Waals surface area contributed by atoms with Gasteiger partial charge < -0.3 is 4.74 Å². The molecule has 0 saturated heterocycles. The van der Waals surface area contributed by atoms with E-state index in [4.69, 9.17) is 10.1 Å². The average molecular weight is 191 g/mol. The minimum absolute atomic E-state index is 0.288. The van der Waals surface area contributed by atoms with E-state index >= 15 is 0 Å². The quantitative estimate of drug-likeness (QED) is 0.670. The van der Waals surface area contributed by atoms with Crippen molar-refractivity contribution in [3.8, 4) is 0 Å². The fourth-order valence-corrected chi connectivity index (χ4v) is 1.57. The third-order valence-electron chi connectivity index (χ3n) is 2.18. The maximum absolute atomic E-state index is 7.56. The van der Waals surface area contributed by atoms with E-state index in [1.165, 1.54) is 0 Å². The summed E-state index contributed by atoms with van der Waals surface area (Å²) < 4.78 is 5.40. The Labute approximate surface area is 85.4 Å². The third-order valence-corrected chi connectivity index (χ3v) is 2.18. The Morgan fingerprint density at radius 1 is 1.14 bits per heavy atom. The minimum Gasteiger partial charge on any atom is -0.467 e. The second-order valence-electron chi connectivity index (χ2n) is 3.49. The zero-order chi connectivity index (χ0) is 10.8. The first-order valence-electron chi connectivity index (χ1n) is 4.99. The molecular formula is C12H17NO. The minimum atomic E-state index is -0.326. The van der Waals surface area contributed by atoms with Crippen LogP contribution < -0.4 is 0 Å². The highest BCUT2D eigenvalue weighted by Gasteiger charge is 2.34. The van der Waals surface area contributed by atoms with Crippen LogP contribution in [0.3, 0.4) is 0 Å². The predicted octanol–water partition coefficient (Wildman–Crippen LogP) is 3.30. The van der Waals surface area contributed by atoms with Crippen LogP contribution >= 0.6 is 0 Å². The highest BCUT2D eigenvalue weighted by molar-refractivity contribution is 5.96. The number of ether oxygens (including phenoxy) is 1. The van der Waals surface area contributed by atoms with Gasteiger partial charge in [0.15, 0.2) is 0 Å². The number of benzene rings is 1. The second-order valence-corrected chi connectivity index (χ2v) is 3.49. The number of hydrogen-bond acceptors (Lipinski definition) is 2. The van der Waals surface area contributed by atoms with Crippen molar-refractivity contribution >= 4 is 5.90 Å². The molecule has 0 aliphatic carbocycles. The largest absolute Gasteiger partial charge is 0.467 e. The van der Waals surface area contributed by atoms with Gasteiger partial charge in [0.2, 0.25) is 5.90 Å². The first kappa shape index (κ1) is 10.8. The maximum atomic E-state index is 7.56. The number of fused-ring (bicyclic) bond motifs is 1. The summed E-state index contributed by atoms with van der Waals surface area (Å²) in [7, 11) is 0. The van der Waals surface area contributed by atoms with Gasteiger partial charge in [-0.15, -0.1) is 0 Å². The van der Waals surface area contributed by atoms with Gasteiger partial charge in [-0.2, -0.15) is 0 Å². The van der Waals surface area contributed by atoms with Crippen LogP contribution in [0.25, 0.3) is 0 Å². The molecule has 1 heterocycles. The van der Waals surface area contributed by atoms with E-state index in [2.05, 4.69) is 0 Å². The van der Waals surface area contributed by atoms with Crippen molar-refractivity contribution in [3.63, 3.8) is 0 Å². The first-order valence-corrected chi connectivity index (χ1v) is 4.99. The molecule has 76 valence electrons. The van der Waals surface area contributed by atoms with E-state index in [1.54, 1.807) is 0 Å². The van der Waals surface area contributed by atoms with Crippen molar-refractivity contribution in [2.24, 2.45) is 0 Å². The summed E-state index contributed by atoms with van der Waals surface area (Å²) in [5.74, 6) is 0.288. The Bertz CT molecular complexity index is 342. The molecule has 1 aliphatic rings. The molecule has 2 nitrogen and oxygen atoms in total. The molecule has 0 atom stereocenters. The monoisotopic (exact) mass is 191 g/mol. The van der Waals surface area contributed by atoms with E-state index in [-0.39, 0.29) is 11.5 Å². The smallest absolute Gasteiger partial charge is 0.214 e. The summed E-state index contributed by atoms with van der Waals surface area (Å²) in [6.45, 7) is 7.96. The van der Waals surface area contributed by atoms with Crippen LogP contribution in [0.5, 0.6) is 0 Å². The first-order chi connectivity index (χ1) is 6.61. The predicted molar refractivity (Wildman–Crippen MR) is 58.7 cm³/mol. The summed E-state index contributed by atoms with van der Waals surface area (Å²) in [6.07, 6.45) is 0. The lowest BCUT2D eigenvalue weighted by Crippen LogP contribution is -2.15. The highest BCUT2D eigenvalue weighted by atomic mass is 16.5. The van der Waals surface area contributed by atoms with E-state index in [1.807, 2.05) is 52.0 Å². The van der Waals surface area contributed by atoms with Crippen molar-refractivity contribution < 1.29 is 4.74 Å². The zero-order valence-corrected chi connectivity index (χ0v) is 9.22. The van der Waals surface area contributed by atoms with Gasteiger partial charge in [-0.3, -0.25) is 5.41 Å². The zero-order valence-electron chi connectivity index (χ0n) is 9.22. The van der Waals surface area contributed by atoms with Gasteiger partial charge in [0.05, 0.1) is 0 Å². The van der Waals surface area contributed by atoms with Crippen LogP contribution in [0, 0.1) is 5.41 Å². The molecule has 1 aliphatic heterocycles. The molecule has 0 fully saturated rings. The normalized spacial score (nSPS) is 16.4. The molecule has 0 unspecified atom stereocenters. The molecule has 2 heteroatoms. The summed E-state index contributed by atoms with van der Waals surface area (Å²) in [4.78, 5) is 0. The van der Waals surface area contributed by atoms with E-state index in [0.29, 0.717) is 0 Å². The van der Waals surface area contributed by atoms with Crippen molar-refractivity contribution in [1.29, 1.82) is 5.41 Å². The number of hydrogen-bond donors (Lipinski definition) is 1. The lowest BCUT2D eigenvalue weighted by molar-refractivity contribution is 0.110. The van der Waals surface area contributed by atoms with Crippen LogP contribution in [-0.2, 0) is 10.3 Å². The molecule has 14 heavy (non-hydrogen) atoms. The molecule has 1 N–H and O–H groups in total. The fraction of sp³-hybridized carbons (Fsp3) is 0.417. The lowest BCUT2D eigenvalue weighted by atomic mass is 9.96. The van der Waals surface area contributed by atoms with Gasteiger partial charge >= 0.3 is 0 Å². The van der Waals surface area contributed by atoms with E-state index in [9.17, 15) is 0 Å². The van der Waals surface area contributed by atoms with Gasteiger partial charge in [0.1, 0.15) is 5.60 Å². The second kappa shape index (κ2) is 3.82. The van der Waals surface area contributed by atoms with Gasteiger partial charge in [0, 0.05) is 11.1 Å². The average Bonchev–Trinajstić information content (AvgIpc) is 2.42. The summed E-state index contributed by atoms with van der Waals surface area (Å²) in [5.41, 5.74) is 1.70. The van der Waals surface area contributed by atoms with Gasteiger partial charge in [-0.05, 0) is 19.9 Å². The topological polar surface area (TPSA) is 33.1 Å². The number of nitrogens with one attached hydrogen (secondary N) is 1. The Kier molecular flexibility index (Phi) is 2.94. The van der Waals surface area contributed by atoms with Crippen LogP contribution in [0.4, 0.5) is 0 Å². The van der Waals surface area contributed by atoms with Crippen molar-refractivity contribution in [2.45, 2.75) is 33.3 Å². The van der Waals surface area contributed by atoms with Crippen LogP contribution in [0.1, 0.15) is 38.8 Å². The van der Waals surface area contributed by atoms with Crippen LogP contribution in [0.2, 0.25) is 0 Å². The third kappa shape index (κ3) is 1.65. The fourth-order valence-electron chi connectivity index (χ4n) is 1.57. The molecule has 1 aromatic rings. The van der Waals surface area contributed by atoms with Gasteiger partial charge in [0.25, 0.3) is 0 Å². The molecule has 0 amide bonds. The van der Waals surface area contributed by atoms with E-state index < -0.39 is 0 Å². The Morgan fingerprint density at radius 3 is 2.29 bits per heavy atom. The Balaban J connectivity index is 0.000000461. The summed E-state index contributed by atoms with van der Waals surface area (Å²) >= 11 is 0. The van der Waals surface area contributed by atoms with Gasteiger partial charge in [-0.25, -0.2) is 0 Å². The molecule has 2 rings (SSSR count). The highest BCUT2D eigenvalue weighted by Crippen LogP contribution is 2.34. The van der Waals surface area contributed by atoms with Crippen LogP contribution in [-0.4, -0.2) is 5.90 Å². The maximum Gasteiger partial charge on any atom is 0.214 e. The van der Waals surface area contributed by atoms with E-state index in [0.717, 1.165) is 11.1 Å². The van der Waals surface area contributed by atoms with Crippen molar-refractivity contribution in [1.82, 2.24) is 0 Å². The summed E-state index contributed by atoms with van der Waals surface area (Å²) in [5, 5.41) is 7.56. The van der Waals surface area contributed by atoms with Gasteiger partial charge in [-0.1, -0.05) is 32.0 Å².